The predicted octanol–water partition coefficient (Wildman–Crippen LogP) is 1.45. The maximum atomic E-state index is 11.5. The summed E-state index contributed by atoms with van der Waals surface area (Å²) in [5, 5.41) is 0. The number of fused-ring (bicyclic) bond motifs is 1. The lowest BCUT2D eigenvalue weighted by atomic mass is 10.3. The summed E-state index contributed by atoms with van der Waals surface area (Å²) in [5.74, 6) is 1.07. The molecule has 0 bridgehead atoms. The Morgan fingerprint density at radius 1 is 1.32 bits per heavy atom. The van der Waals surface area contributed by atoms with E-state index in [0.717, 1.165) is 16.9 Å². The van der Waals surface area contributed by atoms with Crippen LogP contribution in [0.5, 0.6) is 0 Å². The van der Waals surface area contributed by atoms with Crippen molar-refractivity contribution in [1.29, 1.82) is 0 Å². The zero-order valence-electron chi connectivity index (χ0n) is 11.3. The highest BCUT2D eigenvalue weighted by atomic mass is 32.2. The summed E-state index contributed by atoms with van der Waals surface area (Å²) in [6.07, 6.45) is 1.22. The maximum Gasteiger partial charge on any atom is 0.211 e. The maximum absolute atomic E-state index is 11.5. The minimum Gasteiger partial charge on any atom is -0.331 e. The van der Waals surface area contributed by atoms with Crippen molar-refractivity contribution in [2.45, 2.75) is 19.8 Å². The first-order valence-corrected chi connectivity index (χ1v) is 8.06. The SMILES string of the molecule is CCCS(=O)(=O)NCCc1nc2ccccc2n1C. The third-order valence-electron chi connectivity index (χ3n) is 3.02. The van der Waals surface area contributed by atoms with Crippen molar-refractivity contribution < 1.29 is 8.42 Å². The fraction of sp³-hybridized carbons (Fsp3) is 0.462. The number of aromatic nitrogens is 2. The number of sulfonamides is 1. The molecule has 2 rings (SSSR count). The van der Waals surface area contributed by atoms with Crippen LogP contribution in [-0.2, 0) is 23.5 Å². The van der Waals surface area contributed by atoms with Gasteiger partial charge < -0.3 is 4.57 Å². The Balaban J connectivity index is 2.04. The Hall–Kier alpha value is -1.40. The second-order valence-corrected chi connectivity index (χ2v) is 6.47. The van der Waals surface area contributed by atoms with E-state index in [1.54, 1.807) is 0 Å². The van der Waals surface area contributed by atoms with Crippen molar-refractivity contribution in [3.63, 3.8) is 0 Å². The second-order valence-electron chi connectivity index (χ2n) is 4.54. The number of nitrogens with one attached hydrogen (secondary N) is 1. The topological polar surface area (TPSA) is 64.0 Å². The molecule has 0 spiro atoms. The minimum atomic E-state index is -3.13. The van der Waals surface area contributed by atoms with Gasteiger partial charge in [0.2, 0.25) is 10.0 Å². The van der Waals surface area contributed by atoms with Crippen LogP contribution in [0.3, 0.4) is 0 Å². The van der Waals surface area contributed by atoms with Gasteiger partial charge in [0.15, 0.2) is 0 Å². The van der Waals surface area contributed by atoms with Crippen LogP contribution in [-0.4, -0.2) is 30.3 Å². The van der Waals surface area contributed by atoms with Crippen molar-refractivity contribution in [2.24, 2.45) is 7.05 Å². The molecule has 0 amide bonds. The van der Waals surface area contributed by atoms with Crippen LogP contribution in [0.25, 0.3) is 11.0 Å². The first-order chi connectivity index (χ1) is 9.03. The molecular formula is C13H19N3O2S. The highest BCUT2D eigenvalue weighted by Gasteiger charge is 2.10. The van der Waals surface area contributed by atoms with Gasteiger partial charge in [-0.1, -0.05) is 19.1 Å². The van der Waals surface area contributed by atoms with E-state index in [2.05, 4.69) is 9.71 Å². The van der Waals surface area contributed by atoms with Gasteiger partial charge in [0, 0.05) is 20.0 Å². The van der Waals surface area contributed by atoms with Crippen molar-refractivity contribution in [3.8, 4) is 0 Å². The quantitative estimate of drug-likeness (QED) is 0.871. The Kier molecular flexibility index (Phi) is 4.21. The van der Waals surface area contributed by atoms with Crippen molar-refractivity contribution in [1.82, 2.24) is 14.3 Å². The van der Waals surface area contributed by atoms with Crippen LogP contribution in [0.2, 0.25) is 0 Å². The van der Waals surface area contributed by atoms with Gasteiger partial charge in [0.05, 0.1) is 16.8 Å². The number of para-hydroxylation sites is 2. The molecule has 2 aromatic rings. The smallest absolute Gasteiger partial charge is 0.211 e. The lowest BCUT2D eigenvalue weighted by Crippen LogP contribution is -2.28. The highest BCUT2D eigenvalue weighted by molar-refractivity contribution is 7.89. The molecule has 1 N–H and O–H groups in total. The fourth-order valence-corrected chi connectivity index (χ4v) is 3.17. The summed E-state index contributed by atoms with van der Waals surface area (Å²) >= 11 is 0. The molecular weight excluding hydrogens is 262 g/mol. The summed E-state index contributed by atoms with van der Waals surface area (Å²) in [7, 11) is -1.18. The van der Waals surface area contributed by atoms with Crippen LogP contribution in [0.4, 0.5) is 0 Å². The lowest BCUT2D eigenvalue weighted by molar-refractivity contribution is 0.579. The molecule has 0 fully saturated rings. The molecule has 6 heteroatoms. The molecule has 1 aromatic heterocycles. The fourth-order valence-electron chi connectivity index (χ4n) is 2.08. The Morgan fingerprint density at radius 2 is 2.05 bits per heavy atom. The van der Waals surface area contributed by atoms with Gasteiger partial charge in [-0.15, -0.1) is 0 Å². The monoisotopic (exact) mass is 281 g/mol. The van der Waals surface area contributed by atoms with Crippen LogP contribution in [0, 0.1) is 0 Å². The van der Waals surface area contributed by atoms with E-state index >= 15 is 0 Å². The number of hydrogen-bond donors (Lipinski definition) is 1. The number of rotatable bonds is 6. The lowest BCUT2D eigenvalue weighted by Gasteiger charge is -2.05. The number of benzene rings is 1. The molecule has 0 aliphatic rings. The van der Waals surface area contributed by atoms with Gasteiger partial charge in [0.25, 0.3) is 0 Å². The number of hydrogen-bond acceptors (Lipinski definition) is 3. The molecule has 0 radical (unpaired) electrons. The van der Waals surface area contributed by atoms with E-state index in [1.807, 2.05) is 42.8 Å². The second kappa shape index (κ2) is 5.71. The standard InChI is InChI=1S/C13H19N3O2S/c1-3-10-19(17,18)14-9-8-13-15-11-6-4-5-7-12(11)16(13)2/h4-7,14H,3,8-10H2,1-2H3. The van der Waals surface area contributed by atoms with Crippen LogP contribution < -0.4 is 4.72 Å². The van der Waals surface area contributed by atoms with Crippen LogP contribution >= 0.6 is 0 Å². The largest absolute Gasteiger partial charge is 0.331 e. The van der Waals surface area contributed by atoms with Crippen LogP contribution in [0.1, 0.15) is 19.2 Å². The van der Waals surface area contributed by atoms with Gasteiger partial charge in [-0.2, -0.15) is 0 Å². The Morgan fingerprint density at radius 3 is 2.74 bits per heavy atom. The summed E-state index contributed by atoms with van der Waals surface area (Å²) in [5.41, 5.74) is 2.00. The number of imidazole rings is 1. The number of nitrogens with zero attached hydrogens (tertiary/aromatic N) is 2. The van der Waals surface area contributed by atoms with E-state index in [9.17, 15) is 8.42 Å². The molecule has 0 unspecified atom stereocenters. The van der Waals surface area contributed by atoms with E-state index in [-0.39, 0.29) is 5.75 Å². The third kappa shape index (κ3) is 3.33. The molecule has 0 saturated heterocycles. The molecule has 5 nitrogen and oxygen atoms in total. The summed E-state index contributed by atoms with van der Waals surface area (Å²) in [6.45, 7) is 2.24. The Bertz CT molecular complexity index is 662. The van der Waals surface area contributed by atoms with Gasteiger partial charge in [-0.3, -0.25) is 0 Å². The van der Waals surface area contributed by atoms with Crippen molar-refractivity contribution >= 4 is 21.1 Å². The zero-order valence-corrected chi connectivity index (χ0v) is 12.1. The molecule has 19 heavy (non-hydrogen) atoms. The van der Waals surface area contributed by atoms with Gasteiger partial charge in [-0.25, -0.2) is 18.1 Å². The summed E-state index contributed by atoms with van der Waals surface area (Å²) in [6, 6.07) is 7.88. The van der Waals surface area contributed by atoms with Gasteiger partial charge >= 0.3 is 0 Å². The average molecular weight is 281 g/mol. The average Bonchev–Trinajstić information content (AvgIpc) is 2.67. The van der Waals surface area contributed by atoms with Gasteiger partial charge in [0.1, 0.15) is 5.82 Å². The molecule has 1 heterocycles. The molecule has 104 valence electrons. The van der Waals surface area contributed by atoms with E-state index in [1.165, 1.54) is 0 Å². The molecule has 0 atom stereocenters. The first-order valence-electron chi connectivity index (χ1n) is 6.41. The van der Waals surface area contributed by atoms with Crippen molar-refractivity contribution in [3.05, 3.63) is 30.1 Å². The summed E-state index contributed by atoms with van der Waals surface area (Å²) < 4.78 is 27.7. The molecule has 1 aromatic carbocycles. The minimum absolute atomic E-state index is 0.176. The molecule has 0 saturated carbocycles. The first kappa shape index (κ1) is 14.0. The zero-order chi connectivity index (χ0) is 13.9. The van der Waals surface area contributed by atoms with E-state index in [4.69, 9.17) is 0 Å². The van der Waals surface area contributed by atoms with E-state index in [0.29, 0.717) is 19.4 Å². The highest BCUT2D eigenvalue weighted by Crippen LogP contribution is 2.14. The summed E-state index contributed by atoms with van der Waals surface area (Å²) in [4.78, 5) is 4.51. The van der Waals surface area contributed by atoms with Crippen LogP contribution in [0.15, 0.2) is 24.3 Å². The number of aryl methyl sites for hydroxylation is 1. The van der Waals surface area contributed by atoms with Crippen molar-refractivity contribution in [2.75, 3.05) is 12.3 Å². The van der Waals surface area contributed by atoms with E-state index < -0.39 is 10.0 Å². The normalized spacial score (nSPS) is 12.1. The molecule has 0 aliphatic heterocycles. The Labute approximate surface area is 113 Å². The molecule has 0 aliphatic carbocycles. The predicted molar refractivity (Wildman–Crippen MR) is 76.5 cm³/mol. The van der Waals surface area contributed by atoms with Gasteiger partial charge in [-0.05, 0) is 18.6 Å². The third-order valence-corrected chi connectivity index (χ3v) is 4.61.